The first-order valence-corrected chi connectivity index (χ1v) is 7.44. The van der Waals surface area contributed by atoms with E-state index in [1.807, 2.05) is 0 Å². The van der Waals surface area contributed by atoms with Crippen LogP contribution >= 0.6 is 0 Å². The summed E-state index contributed by atoms with van der Waals surface area (Å²) in [6.45, 7) is 10.0. The minimum Gasteiger partial charge on any atom is -0.319 e. The third kappa shape index (κ3) is 3.67. The second-order valence-electron chi connectivity index (χ2n) is 5.73. The summed E-state index contributed by atoms with van der Waals surface area (Å²) in [4.78, 5) is 5.37. The zero-order chi connectivity index (χ0) is 12.1. The van der Waals surface area contributed by atoms with E-state index in [1.54, 1.807) is 0 Å². The Kier molecular flexibility index (Phi) is 5.26. The van der Waals surface area contributed by atoms with Crippen LogP contribution in [0.25, 0.3) is 0 Å². The topological polar surface area (TPSA) is 18.5 Å². The molecule has 17 heavy (non-hydrogen) atoms. The highest BCUT2D eigenvalue weighted by molar-refractivity contribution is 4.83. The first-order valence-electron chi connectivity index (χ1n) is 7.44. The van der Waals surface area contributed by atoms with Gasteiger partial charge < -0.3 is 10.2 Å². The number of nitrogens with zero attached hydrogens (tertiary/aromatic N) is 2. The molecular weight excluding hydrogens is 210 g/mol. The van der Waals surface area contributed by atoms with Crippen molar-refractivity contribution in [3.05, 3.63) is 0 Å². The lowest BCUT2D eigenvalue weighted by molar-refractivity contribution is 0.0734. The maximum Gasteiger partial charge on any atom is 0.0120 e. The SMILES string of the molecule is CCN1CCC(N2CCCC(CNC)C2)CC1. The lowest BCUT2D eigenvalue weighted by Crippen LogP contribution is -2.49. The lowest BCUT2D eigenvalue weighted by Gasteiger charge is -2.42. The van der Waals surface area contributed by atoms with Crippen LogP contribution in [-0.4, -0.2) is 62.2 Å². The van der Waals surface area contributed by atoms with Gasteiger partial charge in [-0.15, -0.1) is 0 Å². The second-order valence-corrected chi connectivity index (χ2v) is 5.73. The summed E-state index contributed by atoms with van der Waals surface area (Å²) in [6.07, 6.45) is 5.60. The van der Waals surface area contributed by atoms with E-state index >= 15 is 0 Å². The molecule has 0 aliphatic carbocycles. The molecule has 2 fully saturated rings. The van der Waals surface area contributed by atoms with Gasteiger partial charge in [-0.3, -0.25) is 4.90 Å². The Morgan fingerprint density at radius 2 is 1.88 bits per heavy atom. The van der Waals surface area contributed by atoms with E-state index in [-0.39, 0.29) is 0 Å². The highest BCUT2D eigenvalue weighted by atomic mass is 15.2. The highest BCUT2D eigenvalue weighted by Crippen LogP contribution is 2.23. The molecule has 0 aromatic carbocycles. The van der Waals surface area contributed by atoms with Crippen LogP contribution < -0.4 is 5.32 Å². The summed E-state index contributed by atoms with van der Waals surface area (Å²) >= 11 is 0. The molecule has 0 aromatic heterocycles. The van der Waals surface area contributed by atoms with Crippen LogP contribution in [-0.2, 0) is 0 Å². The van der Waals surface area contributed by atoms with Gasteiger partial charge in [-0.25, -0.2) is 0 Å². The minimum atomic E-state index is 0.873. The highest BCUT2D eigenvalue weighted by Gasteiger charge is 2.27. The van der Waals surface area contributed by atoms with Crippen LogP contribution in [0, 0.1) is 5.92 Å². The molecule has 2 aliphatic rings. The van der Waals surface area contributed by atoms with Gasteiger partial charge in [-0.05, 0) is 71.4 Å². The number of piperidine rings is 2. The Morgan fingerprint density at radius 1 is 1.12 bits per heavy atom. The average molecular weight is 239 g/mol. The largest absolute Gasteiger partial charge is 0.319 e. The summed E-state index contributed by atoms with van der Waals surface area (Å²) < 4.78 is 0. The van der Waals surface area contributed by atoms with Crippen molar-refractivity contribution in [2.75, 3.05) is 46.3 Å². The molecule has 1 unspecified atom stereocenters. The van der Waals surface area contributed by atoms with Crippen molar-refractivity contribution in [2.24, 2.45) is 5.92 Å². The summed E-state index contributed by atoms with van der Waals surface area (Å²) in [5.74, 6) is 0.887. The van der Waals surface area contributed by atoms with Gasteiger partial charge >= 0.3 is 0 Å². The lowest BCUT2D eigenvalue weighted by atomic mass is 9.94. The Balaban J connectivity index is 1.77. The Labute approximate surface area is 107 Å². The fourth-order valence-corrected chi connectivity index (χ4v) is 3.48. The standard InChI is InChI=1S/C14H29N3/c1-3-16-9-6-14(7-10-16)17-8-4-5-13(12-17)11-15-2/h13-15H,3-12H2,1-2H3. The molecule has 1 atom stereocenters. The van der Waals surface area contributed by atoms with Crippen molar-refractivity contribution >= 4 is 0 Å². The predicted octanol–water partition coefficient (Wildman–Crippen LogP) is 1.40. The van der Waals surface area contributed by atoms with E-state index in [9.17, 15) is 0 Å². The van der Waals surface area contributed by atoms with Crippen LogP contribution in [0.4, 0.5) is 0 Å². The molecule has 2 saturated heterocycles. The van der Waals surface area contributed by atoms with Gasteiger partial charge in [0.2, 0.25) is 0 Å². The van der Waals surface area contributed by atoms with Crippen LogP contribution in [0.5, 0.6) is 0 Å². The van der Waals surface area contributed by atoms with E-state index in [2.05, 4.69) is 29.1 Å². The van der Waals surface area contributed by atoms with Crippen molar-refractivity contribution in [1.82, 2.24) is 15.1 Å². The third-order valence-electron chi connectivity index (χ3n) is 4.56. The molecule has 100 valence electrons. The Hall–Kier alpha value is -0.120. The van der Waals surface area contributed by atoms with Gasteiger partial charge in [-0.2, -0.15) is 0 Å². The monoisotopic (exact) mass is 239 g/mol. The number of likely N-dealkylation sites (tertiary alicyclic amines) is 2. The van der Waals surface area contributed by atoms with Crippen molar-refractivity contribution < 1.29 is 0 Å². The van der Waals surface area contributed by atoms with Gasteiger partial charge in [0.15, 0.2) is 0 Å². The van der Waals surface area contributed by atoms with E-state index in [0.29, 0.717) is 0 Å². The van der Waals surface area contributed by atoms with Crippen LogP contribution in [0.2, 0.25) is 0 Å². The van der Waals surface area contributed by atoms with E-state index in [4.69, 9.17) is 0 Å². The Bertz CT molecular complexity index is 210. The van der Waals surface area contributed by atoms with Crippen LogP contribution in [0.15, 0.2) is 0 Å². The fraction of sp³-hybridized carbons (Fsp3) is 1.00. The van der Waals surface area contributed by atoms with Gasteiger partial charge in [0.25, 0.3) is 0 Å². The van der Waals surface area contributed by atoms with Gasteiger partial charge in [-0.1, -0.05) is 6.92 Å². The molecule has 0 amide bonds. The van der Waals surface area contributed by atoms with Crippen molar-refractivity contribution in [1.29, 1.82) is 0 Å². The van der Waals surface area contributed by atoms with E-state index < -0.39 is 0 Å². The maximum absolute atomic E-state index is 3.34. The molecule has 0 saturated carbocycles. The van der Waals surface area contributed by atoms with Gasteiger partial charge in [0.05, 0.1) is 0 Å². The minimum absolute atomic E-state index is 0.873. The molecule has 0 radical (unpaired) electrons. The summed E-state index contributed by atoms with van der Waals surface area (Å²) in [7, 11) is 2.08. The molecule has 2 rings (SSSR count). The summed E-state index contributed by atoms with van der Waals surface area (Å²) in [5, 5.41) is 3.34. The number of hydrogen-bond acceptors (Lipinski definition) is 3. The van der Waals surface area contributed by atoms with Gasteiger partial charge in [0, 0.05) is 12.6 Å². The molecule has 2 heterocycles. The summed E-state index contributed by atoms with van der Waals surface area (Å²) in [5.41, 5.74) is 0. The van der Waals surface area contributed by atoms with Crippen molar-refractivity contribution in [3.63, 3.8) is 0 Å². The maximum atomic E-state index is 3.34. The zero-order valence-corrected chi connectivity index (χ0v) is 11.6. The van der Waals surface area contributed by atoms with Crippen LogP contribution in [0.3, 0.4) is 0 Å². The molecule has 3 heteroatoms. The molecule has 0 bridgehead atoms. The Morgan fingerprint density at radius 3 is 2.53 bits per heavy atom. The number of hydrogen-bond donors (Lipinski definition) is 1. The number of nitrogens with one attached hydrogen (secondary N) is 1. The predicted molar refractivity (Wildman–Crippen MR) is 73.4 cm³/mol. The molecular formula is C14H29N3. The smallest absolute Gasteiger partial charge is 0.0120 e. The molecule has 0 spiro atoms. The number of rotatable bonds is 4. The summed E-state index contributed by atoms with van der Waals surface area (Å²) in [6, 6.07) is 0.873. The zero-order valence-electron chi connectivity index (χ0n) is 11.6. The second kappa shape index (κ2) is 6.72. The fourth-order valence-electron chi connectivity index (χ4n) is 3.48. The normalized spacial score (nSPS) is 29.6. The molecule has 3 nitrogen and oxygen atoms in total. The molecule has 2 aliphatic heterocycles. The van der Waals surface area contributed by atoms with E-state index in [1.165, 1.54) is 65.0 Å². The molecule has 0 aromatic rings. The van der Waals surface area contributed by atoms with Crippen molar-refractivity contribution in [2.45, 2.75) is 38.6 Å². The average Bonchev–Trinajstić information content (AvgIpc) is 2.40. The first-order chi connectivity index (χ1) is 8.33. The van der Waals surface area contributed by atoms with Gasteiger partial charge in [0.1, 0.15) is 0 Å². The first kappa shape index (κ1) is 13.3. The third-order valence-corrected chi connectivity index (χ3v) is 4.56. The van der Waals surface area contributed by atoms with Crippen molar-refractivity contribution in [3.8, 4) is 0 Å². The van der Waals surface area contributed by atoms with E-state index in [0.717, 1.165) is 12.0 Å². The molecule has 1 N–H and O–H groups in total. The van der Waals surface area contributed by atoms with Crippen LogP contribution in [0.1, 0.15) is 32.6 Å². The quantitative estimate of drug-likeness (QED) is 0.800.